The van der Waals surface area contributed by atoms with Crippen molar-refractivity contribution in [2.45, 2.75) is 52.3 Å². The quantitative estimate of drug-likeness (QED) is 0.757. The Kier molecular flexibility index (Phi) is 5.35. The maximum absolute atomic E-state index is 15.0. The number of aryl methyl sites for hydroxylation is 1. The highest BCUT2D eigenvalue weighted by Gasteiger charge is 2.33. The summed E-state index contributed by atoms with van der Waals surface area (Å²) >= 11 is 0. The minimum Gasteiger partial charge on any atom is -0.490 e. The molecule has 7 heteroatoms. The monoisotopic (exact) mass is 387 g/mol. The number of unbranched alkanes of at least 4 members (excludes halogenated alkanes) is 1. The lowest BCUT2D eigenvalue weighted by atomic mass is 10.1. The minimum atomic E-state index is -0.366. The number of rotatable bonds is 6. The van der Waals surface area contributed by atoms with Crippen molar-refractivity contribution in [2.24, 2.45) is 0 Å². The number of hydrogen-bond acceptors (Lipinski definition) is 4. The molecule has 1 aromatic heterocycles. The van der Waals surface area contributed by atoms with E-state index in [9.17, 15) is 9.18 Å². The summed E-state index contributed by atoms with van der Waals surface area (Å²) in [5, 5.41) is 0. The molecule has 0 unspecified atom stereocenters. The third-order valence-corrected chi connectivity index (χ3v) is 5.38. The van der Waals surface area contributed by atoms with Crippen LogP contribution in [0.4, 0.5) is 4.39 Å². The second kappa shape index (κ2) is 7.91. The van der Waals surface area contributed by atoms with Crippen LogP contribution < -0.4 is 4.74 Å². The lowest BCUT2D eigenvalue weighted by molar-refractivity contribution is 0.0254. The smallest absolute Gasteiger partial charge is 0.291 e. The summed E-state index contributed by atoms with van der Waals surface area (Å²) in [7, 11) is 0. The van der Waals surface area contributed by atoms with Crippen molar-refractivity contribution in [3.8, 4) is 17.0 Å². The zero-order valence-corrected chi connectivity index (χ0v) is 16.4. The number of amides is 1. The van der Waals surface area contributed by atoms with E-state index in [-0.39, 0.29) is 17.8 Å². The van der Waals surface area contributed by atoms with Crippen LogP contribution in [0.1, 0.15) is 48.9 Å². The normalized spacial score (nSPS) is 17.2. The van der Waals surface area contributed by atoms with Crippen LogP contribution in [0.15, 0.2) is 18.2 Å². The number of carbonyl (C=O) groups excluding carboxylic acids is 1. The second-order valence-electron chi connectivity index (χ2n) is 7.43. The SMILES string of the molecule is CCCCN1Cn2c(nc(C)c2-c2ccc(OC3CCOCC3)cc2F)C1=O. The van der Waals surface area contributed by atoms with Crippen LogP contribution in [0.2, 0.25) is 0 Å². The standard InChI is InChI=1S/C21H26FN3O3/c1-3-4-9-24-13-25-19(14(2)23-20(25)21(24)26)17-6-5-16(12-18(17)22)28-15-7-10-27-11-8-15/h5-6,12,15H,3-4,7-11,13H2,1-2H3. The molecular formula is C21H26FN3O3. The Balaban J connectivity index is 1.58. The van der Waals surface area contributed by atoms with E-state index in [1.807, 2.05) is 11.5 Å². The third kappa shape index (κ3) is 3.51. The topological polar surface area (TPSA) is 56.6 Å². The molecule has 0 atom stereocenters. The van der Waals surface area contributed by atoms with Crippen molar-refractivity contribution >= 4 is 5.91 Å². The van der Waals surface area contributed by atoms with E-state index >= 15 is 0 Å². The number of hydrogen-bond donors (Lipinski definition) is 0. The molecular weight excluding hydrogens is 361 g/mol. The molecule has 2 aliphatic heterocycles. The van der Waals surface area contributed by atoms with Gasteiger partial charge in [0.15, 0.2) is 0 Å². The van der Waals surface area contributed by atoms with Crippen LogP contribution in [0, 0.1) is 12.7 Å². The predicted molar refractivity (Wildman–Crippen MR) is 103 cm³/mol. The Morgan fingerprint density at radius 2 is 2.11 bits per heavy atom. The average Bonchev–Trinajstić information content (AvgIpc) is 3.16. The Morgan fingerprint density at radius 1 is 1.32 bits per heavy atom. The molecule has 2 aliphatic rings. The van der Waals surface area contributed by atoms with Gasteiger partial charge in [0.1, 0.15) is 17.7 Å². The van der Waals surface area contributed by atoms with E-state index in [1.54, 1.807) is 17.0 Å². The van der Waals surface area contributed by atoms with E-state index < -0.39 is 0 Å². The number of benzene rings is 1. The summed E-state index contributed by atoms with van der Waals surface area (Å²) in [6.45, 7) is 6.37. The lowest BCUT2D eigenvalue weighted by Crippen LogP contribution is -2.26. The van der Waals surface area contributed by atoms with E-state index in [1.165, 1.54) is 6.07 Å². The number of aromatic nitrogens is 2. The van der Waals surface area contributed by atoms with Crippen LogP contribution in [0.25, 0.3) is 11.3 Å². The predicted octanol–water partition coefficient (Wildman–Crippen LogP) is 3.77. The van der Waals surface area contributed by atoms with Gasteiger partial charge in [-0.15, -0.1) is 0 Å². The van der Waals surface area contributed by atoms with Crippen molar-refractivity contribution in [3.63, 3.8) is 0 Å². The highest BCUT2D eigenvalue weighted by Crippen LogP contribution is 2.33. The average molecular weight is 387 g/mol. The maximum atomic E-state index is 15.0. The van der Waals surface area contributed by atoms with Gasteiger partial charge in [-0.25, -0.2) is 9.37 Å². The zero-order chi connectivity index (χ0) is 19.7. The first-order valence-electron chi connectivity index (χ1n) is 9.99. The molecule has 1 aromatic carbocycles. The first kappa shape index (κ1) is 18.9. The number of carbonyl (C=O) groups is 1. The number of nitrogens with zero attached hydrogens (tertiary/aromatic N) is 3. The third-order valence-electron chi connectivity index (χ3n) is 5.38. The largest absolute Gasteiger partial charge is 0.490 e. The van der Waals surface area contributed by atoms with Gasteiger partial charge in [0.05, 0.1) is 31.3 Å². The molecule has 0 radical (unpaired) electrons. The molecule has 0 bridgehead atoms. The molecule has 0 saturated carbocycles. The van der Waals surface area contributed by atoms with Crippen molar-refractivity contribution in [1.82, 2.24) is 14.5 Å². The second-order valence-corrected chi connectivity index (χ2v) is 7.43. The van der Waals surface area contributed by atoms with Gasteiger partial charge in [-0.05, 0) is 25.5 Å². The Bertz CT molecular complexity index is 874. The fourth-order valence-electron chi connectivity index (χ4n) is 3.86. The van der Waals surface area contributed by atoms with Gasteiger partial charge in [-0.1, -0.05) is 13.3 Å². The summed E-state index contributed by atoms with van der Waals surface area (Å²) < 4.78 is 28.0. The number of ether oxygens (including phenoxy) is 2. The summed E-state index contributed by atoms with van der Waals surface area (Å²) in [4.78, 5) is 18.8. The fourth-order valence-corrected chi connectivity index (χ4v) is 3.86. The molecule has 28 heavy (non-hydrogen) atoms. The number of fused-ring (bicyclic) bond motifs is 1. The Morgan fingerprint density at radius 3 is 2.82 bits per heavy atom. The van der Waals surface area contributed by atoms with Crippen LogP contribution in [0.5, 0.6) is 5.75 Å². The number of imidazole rings is 1. The zero-order valence-electron chi connectivity index (χ0n) is 16.4. The molecule has 4 rings (SSSR count). The Hall–Kier alpha value is -2.41. The molecule has 3 heterocycles. The van der Waals surface area contributed by atoms with Crippen molar-refractivity contribution in [3.05, 3.63) is 35.5 Å². The minimum absolute atomic E-state index is 0.0599. The maximum Gasteiger partial charge on any atom is 0.291 e. The molecule has 1 fully saturated rings. The fraction of sp³-hybridized carbons (Fsp3) is 0.524. The first-order valence-corrected chi connectivity index (χ1v) is 9.99. The number of halogens is 1. The lowest BCUT2D eigenvalue weighted by Gasteiger charge is -2.23. The molecule has 1 saturated heterocycles. The van der Waals surface area contributed by atoms with Crippen LogP contribution in [0.3, 0.4) is 0 Å². The molecule has 0 aliphatic carbocycles. The highest BCUT2D eigenvalue weighted by atomic mass is 19.1. The summed E-state index contributed by atoms with van der Waals surface area (Å²) in [5.74, 6) is 0.468. The van der Waals surface area contributed by atoms with Gasteiger partial charge in [-0.3, -0.25) is 4.79 Å². The van der Waals surface area contributed by atoms with E-state index in [2.05, 4.69) is 11.9 Å². The van der Waals surface area contributed by atoms with Gasteiger partial charge in [0.2, 0.25) is 5.82 Å². The van der Waals surface area contributed by atoms with Crippen molar-refractivity contribution < 1.29 is 18.7 Å². The Labute approximate surface area is 164 Å². The van der Waals surface area contributed by atoms with Crippen LogP contribution in [-0.2, 0) is 11.4 Å². The van der Waals surface area contributed by atoms with Gasteiger partial charge < -0.3 is 18.9 Å². The molecule has 0 spiro atoms. The van der Waals surface area contributed by atoms with Gasteiger partial charge in [0, 0.05) is 31.0 Å². The van der Waals surface area contributed by atoms with Gasteiger partial charge >= 0.3 is 0 Å². The van der Waals surface area contributed by atoms with Crippen molar-refractivity contribution in [1.29, 1.82) is 0 Å². The van der Waals surface area contributed by atoms with E-state index in [0.717, 1.165) is 25.7 Å². The summed E-state index contributed by atoms with van der Waals surface area (Å²) in [5.41, 5.74) is 1.77. The highest BCUT2D eigenvalue weighted by molar-refractivity contribution is 5.94. The van der Waals surface area contributed by atoms with E-state index in [0.29, 0.717) is 55.0 Å². The van der Waals surface area contributed by atoms with Gasteiger partial charge in [-0.2, -0.15) is 0 Å². The van der Waals surface area contributed by atoms with Crippen molar-refractivity contribution in [2.75, 3.05) is 19.8 Å². The van der Waals surface area contributed by atoms with Gasteiger partial charge in [0.25, 0.3) is 5.91 Å². The molecule has 150 valence electrons. The molecule has 6 nitrogen and oxygen atoms in total. The molecule has 2 aromatic rings. The summed E-state index contributed by atoms with van der Waals surface area (Å²) in [6.07, 6.45) is 3.64. The van der Waals surface area contributed by atoms with E-state index in [4.69, 9.17) is 9.47 Å². The summed E-state index contributed by atoms with van der Waals surface area (Å²) in [6, 6.07) is 4.94. The first-order chi connectivity index (χ1) is 13.6. The van der Waals surface area contributed by atoms with Crippen LogP contribution in [-0.4, -0.2) is 46.2 Å². The van der Waals surface area contributed by atoms with Crippen LogP contribution >= 0.6 is 0 Å². The molecule has 1 amide bonds. The molecule has 0 N–H and O–H groups in total.